The largest absolute Gasteiger partial charge is 0.479 e. The third-order valence-electron chi connectivity index (χ3n) is 5.23. The molecule has 116 valence electrons. The lowest BCUT2D eigenvalue weighted by atomic mass is 9.91. The molecular weight excluding hydrogens is 272 g/mol. The van der Waals surface area contributed by atoms with Gasteiger partial charge in [0.15, 0.2) is 0 Å². The Bertz CT molecular complexity index is 488. The summed E-state index contributed by atoms with van der Waals surface area (Å²) in [6.45, 7) is 2.78. The highest BCUT2D eigenvalue weighted by Crippen LogP contribution is 2.37. The molecule has 2 heterocycles. The number of likely N-dealkylation sites (tertiary alicyclic amines) is 2. The Morgan fingerprint density at radius 3 is 2.67 bits per heavy atom. The second kappa shape index (κ2) is 5.00. The van der Waals surface area contributed by atoms with Crippen molar-refractivity contribution in [1.29, 1.82) is 0 Å². The minimum Gasteiger partial charge on any atom is -0.479 e. The molecular formula is C15H22N2O4. The lowest BCUT2D eigenvalue weighted by molar-refractivity contribution is -0.158. The molecule has 3 fully saturated rings. The molecule has 6 nitrogen and oxygen atoms in total. The number of hydrogen-bond acceptors (Lipinski definition) is 3. The maximum Gasteiger partial charge on any atom is 0.329 e. The van der Waals surface area contributed by atoms with Gasteiger partial charge in [-0.25, -0.2) is 4.79 Å². The maximum absolute atomic E-state index is 12.7. The fourth-order valence-corrected chi connectivity index (χ4v) is 3.80. The predicted molar refractivity (Wildman–Crippen MR) is 74.4 cm³/mol. The highest BCUT2D eigenvalue weighted by molar-refractivity contribution is 5.93. The van der Waals surface area contributed by atoms with Crippen LogP contribution in [0.1, 0.15) is 45.4 Å². The Labute approximate surface area is 124 Å². The first-order valence-corrected chi connectivity index (χ1v) is 7.84. The SMILES string of the molecule is CCC1(C(=O)O)CCCN1C(=O)C1CC(=O)N(C2CC2)C1. The number of amides is 2. The van der Waals surface area contributed by atoms with E-state index in [0.29, 0.717) is 32.0 Å². The quantitative estimate of drug-likeness (QED) is 0.834. The summed E-state index contributed by atoms with van der Waals surface area (Å²) in [7, 11) is 0. The summed E-state index contributed by atoms with van der Waals surface area (Å²) in [5.74, 6) is -1.37. The van der Waals surface area contributed by atoms with Crippen LogP contribution in [0.5, 0.6) is 0 Å². The van der Waals surface area contributed by atoms with E-state index in [4.69, 9.17) is 0 Å². The van der Waals surface area contributed by atoms with Gasteiger partial charge in [-0.1, -0.05) is 6.92 Å². The molecule has 0 aromatic heterocycles. The Morgan fingerprint density at radius 2 is 2.10 bits per heavy atom. The summed E-state index contributed by atoms with van der Waals surface area (Å²) in [6, 6.07) is 0.323. The summed E-state index contributed by atoms with van der Waals surface area (Å²) < 4.78 is 0. The number of hydrogen-bond donors (Lipinski definition) is 1. The van der Waals surface area contributed by atoms with Gasteiger partial charge in [0.25, 0.3) is 0 Å². The molecule has 1 aliphatic carbocycles. The molecule has 2 atom stereocenters. The van der Waals surface area contributed by atoms with Gasteiger partial charge in [0, 0.05) is 25.6 Å². The minimum absolute atomic E-state index is 0.0486. The van der Waals surface area contributed by atoms with E-state index in [1.165, 1.54) is 4.90 Å². The Hall–Kier alpha value is -1.59. The van der Waals surface area contributed by atoms with Gasteiger partial charge < -0.3 is 14.9 Å². The first-order valence-electron chi connectivity index (χ1n) is 7.84. The van der Waals surface area contributed by atoms with E-state index < -0.39 is 11.5 Å². The lowest BCUT2D eigenvalue weighted by Crippen LogP contribution is -2.54. The average molecular weight is 294 g/mol. The zero-order valence-corrected chi connectivity index (χ0v) is 12.4. The molecule has 2 aliphatic heterocycles. The molecule has 2 saturated heterocycles. The van der Waals surface area contributed by atoms with Gasteiger partial charge >= 0.3 is 5.97 Å². The third kappa shape index (κ3) is 2.21. The zero-order chi connectivity index (χ0) is 15.2. The molecule has 3 rings (SSSR count). The number of carbonyl (C=O) groups excluding carboxylic acids is 2. The highest BCUT2D eigenvalue weighted by Gasteiger charge is 2.51. The van der Waals surface area contributed by atoms with Crippen molar-refractivity contribution in [3.05, 3.63) is 0 Å². The predicted octanol–water partition coefficient (Wildman–Crippen LogP) is 0.853. The Balaban J connectivity index is 1.75. The Kier molecular flexibility index (Phi) is 3.42. The van der Waals surface area contributed by atoms with Crippen LogP contribution in [0.3, 0.4) is 0 Å². The molecule has 1 N–H and O–H groups in total. The molecule has 0 spiro atoms. The monoisotopic (exact) mass is 294 g/mol. The van der Waals surface area contributed by atoms with Gasteiger partial charge in [-0.15, -0.1) is 0 Å². The fourth-order valence-electron chi connectivity index (χ4n) is 3.80. The third-order valence-corrected chi connectivity index (χ3v) is 5.23. The van der Waals surface area contributed by atoms with Gasteiger partial charge in [0.1, 0.15) is 5.54 Å². The number of carbonyl (C=O) groups is 3. The zero-order valence-electron chi connectivity index (χ0n) is 12.4. The average Bonchev–Trinajstić information content (AvgIpc) is 3.07. The lowest BCUT2D eigenvalue weighted by Gasteiger charge is -2.35. The summed E-state index contributed by atoms with van der Waals surface area (Å²) >= 11 is 0. The Morgan fingerprint density at radius 1 is 1.38 bits per heavy atom. The van der Waals surface area contributed by atoms with E-state index >= 15 is 0 Å². The molecule has 0 radical (unpaired) electrons. The number of aliphatic carboxylic acids is 1. The molecule has 0 bridgehead atoms. The highest BCUT2D eigenvalue weighted by atomic mass is 16.4. The molecule has 0 aromatic rings. The standard InChI is InChI=1S/C15H22N2O4/c1-2-15(14(20)21)6-3-7-17(15)13(19)10-8-12(18)16(9-10)11-4-5-11/h10-11H,2-9H2,1H3,(H,20,21). The van der Waals surface area contributed by atoms with E-state index in [2.05, 4.69) is 0 Å². The van der Waals surface area contributed by atoms with Crippen molar-refractivity contribution in [3.63, 3.8) is 0 Å². The van der Waals surface area contributed by atoms with Crippen molar-refractivity contribution >= 4 is 17.8 Å². The van der Waals surface area contributed by atoms with Crippen molar-refractivity contribution in [2.75, 3.05) is 13.1 Å². The van der Waals surface area contributed by atoms with Crippen molar-refractivity contribution in [3.8, 4) is 0 Å². The van der Waals surface area contributed by atoms with E-state index in [9.17, 15) is 19.5 Å². The molecule has 2 unspecified atom stereocenters. The maximum atomic E-state index is 12.7. The van der Waals surface area contributed by atoms with Crippen LogP contribution >= 0.6 is 0 Å². The van der Waals surface area contributed by atoms with E-state index in [1.807, 2.05) is 11.8 Å². The van der Waals surface area contributed by atoms with Crippen LogP contribution in [0.2, 0.25) is 0 Å². The van der Waals surface area contributed by atoms with E-state index in [-0.39, 0.29) is 24.2 Å². The smallest absolute Gasteiger partial charge is 0.329 e. The van der Waals surface area contributed by atoms with Crippen molar-refractivity contribution < 1.29 is 19.5 Å². The van der Waals surface area contributed by atoms with Gasteiger partial charge in [0.2, 0.25) is 11.8 Å². The number of nitrogens with zero attached hydrogens (tertiary/aromatic N) is 2. The van der Waals surface area contributed by atoms with Crippen LogP contribution in [-0.4, -0.2) is 57.4 Å². The van der Waals surface area contributed by atoms with Crippen LogP contribution in [0.15, 0.2) is 0 Å². The van der Waals surface area contributed by atoms with E-state index in [1.54, 1.807) is 0 Å². The molecule has 3 aliphatic rings. The number of carboxylic acid groups (broad SMARTS) is 1. The van der Waals surface area contributed by atoms with Crippen molar-refractivity contribution in [1.82, 2.24) is 9.80 Å². The topological polar surface area (TPSA) is 77.9 Å². The van der Waals surface area contributed by atoms with Crippen LogP contribution in [0.4, 0.5) is 0 Å². The van der Waals surface area contributed by atoms with Gasteiger partial charge in [-0.05, 0) is 32.1 Å². The van der Waals surface area contributed by atoms with Crippen molar-refractivity contribution in [2.24, 2.45) is 5.92 Å². The van der Waals surface area contributed by atoms with Crippen LogP contribution < -0.4 is 0 Å². The summed E-state index contributed by atoms with van der Waals surface area (Å²) in [4.78, 5) is 39.7. The number of carboxylic acids is 1. The second-order valence-corrected chi connectivity index (χ2v) is 6.46. The molecule has 1 saturated carbocycles. The van der Waals surface area contributed by atoms with Crippen LogP contribution in [-0.2, 0) is 14.4 Å². The normalized spacial score (nSPS) is 32.8. The fraction of sp³-hybridized carbons (Fsp3) is 0.800. The molecule has 21 heavy (non-hydrogen) atoms. The molecule has 2 amide bonds. The summed E-state index contributed by atoms with van der Waals surface area (Å²) in [5.41, 5.74) is -1.06. The minimum atomic E-state index is -1.06. The van der Waals surface area contributed by atoms with Gasteiger partial charge in [-0.2, -0.15) is 0 Å². The molecule has 0 aromatic carbocycles. The second-order valence-electron chi connectivity index (χ2n) is 6.46. The first kappa shape index (κ1) is 14.4. The number of rotatable bonds is 4. The van der Waals surface area contributed by atoms with Crippen LogP contribution in [0, 0.1) is 5.92 Å². The van der Waals surface area contributed by atoms with E-state index in [0.717, 1.165) is 19.3 Å². The summed E-state index contributed by atoms with van der Waals surface area (Å²) in [5, 5.41) is 9.56. The van der Waals surface area contributed by atoms with Crippen LogP contribution in [0.25, 0.3) is 0 Å². The summed E-state index contributed by atoms with van der Waals surface area (Å²) in [6.07, 6.45) is 3.96. The first-order chi connectivity index (χ1) is 9.99. The van der Waals surface area contributed by atoms with Crippen molar-refractivity contribution in [2.45, 2.75) is 57.0 Å². The van der Waals surface area contributed by atoms with Gasteiger partial charge in [0.05, 0.1) is 5.92 Å². The van der Waals surface area contributed by atoms with Gasteiger partial charge in [-0.3, -0.25) is 9.59 Å². The molecule has 6 heteroatoms.